The van der Waals surface area contributed by atoms with Crippen LogP contribution in [-0.4, -0.2) is 29.3 Å². The lowest BCUT2D eigenvalue weighted by atomic mass is 9.83. The molecule has 2 unspecified atom stereocenters. The quantitative estimate of drug-likeness (QED) is 0.486. The molecule has 1 aliphatic carbocycles. The maximum absolute atomic E-state index is 13.8. The van der Waals surface area contributed by atoms with Crippen LogP contribution in [0.3, 0.4) is 0 Å². The highest BCUT2D eigenvalue weighted by Crippen LogP contribution is 2.41. The van der Waals surface area contributed by atoms with Crippen LogP contribution < -0.4 is 10.6 Å². The summed E-state index contributed by atoms with van der Waals surface area (Å²) in [5.41, 5.74) is 2.56. The fraction of sp³-hybridized carbons (Fsp3) is 0.276. The number of imide groups is 1. The Balaban J connectivity index is 1.37. The van der Waals surface area contributed by atoms with Crippen molar-refractivity contribution in [2.24, 2.45) is 5.92 Å². The summed E-state index contributed by atoms with van der Waals surface area (Å²) in [7, 11) is 0. The Labute approximate surface area is 205 Å². The smallest absolute Gasteiger partial charge is 0.325 e. The molecule has 2 aliphatic rings. The van der Waals surface area contributed by atoms with Gasteiger partial charge in [0.1, 0.15) is 6.54 Å². The van der Waals surface area contributed by atoms with E-state index in [2.05, 4.69) is 10.6 Å². The summed E-state index contributed by atoms with van der Waals surface area (Å²) in [5, 5.41) is 6.01. The number of hydrogen-bond donors (Lipinski definition) is 2. The molecular formula is C29H29N3O3. The lowest BCUT2D eigenvalue weighted by Crippen LogP contribution is -2.47. The lowest BCUT2D eigenvalue weighted by Gasteiger charge is -2.27. The molecule has 0 radical (unpaired) electrons. The normalized spacial score (nSPS) is 20.4. The average molecular weight is 468 g/mol. The second kappa shape index (κ2) is 9.37. The van der Waals surface area contributed by atoms with Crippen molar-refractivity contribution in [3.63, 3.8) is 0 Å². The van der Waals surface area contributed by atoms with Gasteiger partial charge in [0.15, 0.2) is 5.54 Å². The van der Waals surface area contributed by atoms with Gasteiger partial charge in [0.05, 0.1) is 6.04 Å². The number of amides is 4. The summed E-state index contributed by atoms with van der Waals surface area (Å²) < 4.78 is 0. The number of benzene rings is 3. The van der Waals surface area contributed by atoms with Crippen molar-refractivity contribution in [1.82, 2.24) is 15.5 Å². The molecule has 0 spiro atoms. The van der Waals surface area contributed by atoms with Crippen LogP contribution in [0.1, 0.15) is 41.1 Å². The highest BCUT2D eigenvalue weighted by molar-refractivity contribution is 6.09. The highest BCUT2D eigenvalue weighted by Gasteiger charge is 2.52. The van der Waals surface area contributed by atoms with E-state index in [1.165, 1.54) is 0 Å². The second-order valence-electron chi connectivity index (χ2n) is 9.55. The molecule has 1 saturated carbocycles. The van der Waals surface area contributed by atoms with E-state index in [9.17, 15) is 14.4 Å². The molecule has 0 aromatic heterocycles. The standard InChI is InChI=1S/C29H29N3O3/c1-20-12-14-22(15-13-20)26(23-16-17-23)30-25(33)19-32-27(34)29(31-28(32)35,24-10-6-3-7-11-24)18-21-8-4-2-5-9-21/h2-15,23,26H,16-19H2,1H3,(H,30,33)(H,31,35). The van der Waals surface area contributed by atoms with Gasteiger partial charge >= 0.3 is 6.03 Å². The van der Waals surface area contributed by atoms with Crippen LogP contribution in [0.15, 0.2) is 84.9 Å². The van der Waals surface area contributed by atoms with E-state index in [0.29, 0.717) is 17.9 Å². The largest absolute Gasteiger partial charge is 0.347 e. The van der Waals surface area contributed by atoms with E-state index in [0.717, 1.165) is 34.4 Å². The number of rotatable bonds is 8. The SMILES string of the molecule is Cc1ccc(C(NC(=O)CN2C(=O)NC(Cc3ccccc3)(c3ccccc3)C2=O)C2CC2)cc1. The van der Waals surface area contributed by atoms with Crippen LogP contribution in [0.2, 0.25) is 0 Å². The Bertz CT molecular complexity index is 1220. The van der Waals surface area contributed by atoms with E-state index < -0.39 is 17.5 Å². The molecule has 3 aromatic rings. The molecule has 0 bridgehead atoms. The van der Waals surface area contributed by atoms with Gasteiger partial charge in [0.2, 0.25) is 5.91 Å². The van der Waals surface area contributed by atoms with E-state index in [4.69, 9.17) is 0 Å². The van der Waals surface area contributed by atoms with Crippen LogP contribution >= 0.6 is 0 Å². The highest BCUT2D eigenvalue weighted by atomic mass is 16.2. The molecular weight excluding hydrogens is 438 g/mol. The van der Waals surface area contributed by atoms with Gasteiger partial charge in [-0.3, -0.25) is 14.5 Å². The number of carbonyl (C=O) groups is 3. The predicted molar refractivity (Wildman–Crippen MR) is 133 cm³/mol. The van der Waals surface area contributed by atoms with E-state index in [-0.39, 0.29) is 18.5 Å². The predicted octanol–water partition coefficient (Wildman–Crippen LogP) is 4.25. The number of aryl methyl sites for hydroxylation is 1. The molecule has 4 amide bonds. The molecule has 35 heavy (non-hydrogen) atoms. The number of hydrogen-bond acceptors (Lipinski definition) is 3. The molecule has 2 N–H and O–H groups in total. The molecule has 1 saturated heterocycles. The molecule has 3 aromatic carbocycles. The van der Waals surface area contributed by atoms with Gasteiger partial charge in [0, 0.05) is 6.42 Å². The van der Waals surface area contributed by atoms with Gasteiger partial charge < -0.3 is 10.6 Å². The zero-order valence-corrected chi connectivity index (χ0v) is 19.7. The fourth-order valence-corrected chi connectivity index (χ4v) is 4.85. The van der Waals surface area contributed by atoms with Gasteiger partial charge in [-0.1, -0.05) is 90.5 Å². The third-order valence-electron chi connectivity index (χ3n) is 6.90. The van der Waals surface area contributed by atoms with Crippen molar-refractivity contribution < 1.29 is 14.4 Å². The third kappa shape index (κ3) is 4.69. The van der Waals surface area contributed by atoms with Gasteiger partial charge in [0.25, 0.3) is 5.91 Å². The first-order valence-corrected chi connectivity index (χ1v) is 12.1. The maximum Gasteiger partial charge on any atom is 0.325 e. The Morgan fingerprint density at radius 3 is 2.23 bits per heavy atom. The van der Waals surface area contributed by atoms with Crippen LogP contribution in [0.4, 0.5) is 4.79 Å². The Morgan fingerprint density at radius 1 is 0.971 bits per heavy atom. The topological polar surface area (TPSA) is 78.5 Å². The summed E-state index contributed by atoms with van der Waals surface area (Å²) in [6.45, 7) is 1.71. The molecule has 2 fully saturated rings. The Morgan fingerprint density at radius 2 is 1.60 bits per heavy atom. The Hall–Kier alpha value is -3.93. The van der Waals surface area contributed by atoms with Crippen molar-refractivity contribution in [3.8, 4) is 0 Å². The minimum absolute atomic E-state index is 0.118. The lowest BCUT2D eigenvalue weighted by molar-refractivity contribution is -0.135. The first kappa shape index (κ1) is 22.8. The minimum atomic E-state index is -1.26. The van der Waals surface area contributed by atoms with Crippen LogP contribution in [0.5, 0.6) is 0 Å². The first-order valence-electron chi connectivity index (χ1n) is 12.1. The zero-order valence-electron chi connectivity index (χ0n) is 19.7. The van der Waals surface area contributed by atoms with Crippen molar-refractivity contribution in [3.05, 3.63) is 107 Å². The van der Waals surface area contributed by atoms with Gasteiger partial charge in [-0.05, 0) is 42.4 Å². The van der Waals surface area contributed by atoms with E-state index in [1.807, 2.05) is 91.9 Å². The summed E-state index contributed by atoms with van der Waals surface area (Å²) in [4.78, 5) is 41.0. The van der Waals surface area contributed by atoms with E-state index >= 15 is 0 Å². The van der Waals surface area contributed by atoms with Gasteiger partial charge in [-0.2, -0.15) is 0 Å². The summed E-state index contributed by atoms with van der Waals surface area (Å²) in [5.74, 6) is -0.369. The molecule has 178 valence electrons. The van der Waals surface area contributed by atoms with Crippen molar-refractivity contribution in [1.29, 1.82) is 0 Å². The molecule has 2 atom stereocenters. The van der Waals surface area contributed by atoms with E-state index in [1.54, 1.807) is 0 Å². The van der Waals surface area contributed by atoms with Crippen molar-refractivity contribution in [2.75, 3.05) is 6.54 Å². The fourth-order valence-electron chi connectivity index (χ4n) is 4.85. The van der Waals surface area contributed by atoms with Crippen LogP contribution in [0.25, 0.3) is 0 Å². The first-order chi connectivity index (χ1) is 17.0. The minimum Gasteiger partial charge on any atom is -0.347 e. The number of nitrogens with one attached hydrogen (secondary N) is 2. The average Bonchev–Trinajstić information content (AvgIpc) is 3.69. The molecule has 5 rings (SSSR count). The van der Waals surface area contributed by atoms with Crippen LogP contribution in [0, 0.1) is 12.8 Å². The Kier molecular flexibility index (Phi) is 6.12. The number of urea groups is 1. The summed E-state index contributed by atoms with van der Waals surface area (Å²) >= 11 is 0. The van der Waals surface area contributed by atoms with Gasteiger partial charge in [-0.15, -0.1) is 0 Å². The van der Waals surface area contributed by atoms with Crippen molar-refractivity contribution >= 4 is 17.8 Å². The summed E-state index contributed by atoms with van der Waals surface area (Å²) in [6.07, 6.45) is 2.40. The maximum atomic E-state index is 13.8. The van der Waals surface area contributed by atoms with Crippen molar-refractivity contribution in [2.45, 2.75) is 37.8 Å². The second-order valence-corrected chi connectivity index (χ2v) is 9.55. The zero-order chi connectivity index (χ0) is 24.4. The number of nitrogens with zero attached hydrogens (tertiary/aromatic N) is 1. The summed E-state index contributed by atoms with van der Waals surface area (Å²) in [6, 6.07) is 26.3. The third-order valence-corrected chi connectivity index (χ3v) is 6.90. The van der Waals surface area contributed by atoms with Crippen LogP contribution in [-0.2, 0) is 21.5 Å². The molecule has 6 nitrogen and oxygen atoms in total. The number of carbonyl (C=O) groups excluding carboxylic acids is 3. The molecule has 6 heteroatoms. The monoisotopic (exact) mass is 467 g/mol. The van der Waals surface area contributed by atoms with Gasteiger partial charge in [-0.25, -0.2) is 4.79 Å². The molecule has 1 aliphatic heterocycles. The molecule has 1 heterocycles.